The maximum absolute atomic E-state index is 12.7. The molecule has 2 aromatic heterocycles. The van der Waals surface area contributed by atoms with Crippen LogP contribution in [0.3, 0.4) is 0 Å². The molecule has 0 aliphatic carbocycles. The summed E-state index contributed by atoms with van der Waals surface area (Å²) in [6, 6.07) is 5.91. The summed E-state index contributed by atoms with van der Waals surface area (Å²) < 4.78 is 5.24. The Labute approximate surface area is 159 Å². The summed E-state index contributed by atoms with van der Waals surface area (Å²) in [6.45, 7) is 5.29. The molecule has 0 spiro atoms. The summed E-state index contributed by atoms with van der Waals surface area (Å²) >= 11 is 1.79. The van der Waals surface area contributed by atoms with Crippen molar-refractivity contribution in [2.24, 2.45) is 5.92 Å². The molecule has 1 atom stereocenters. The number of anilines is 1. The number of ether oxygens (including phenoxy) is 1. The molecule has 26 heavy (non-hydrogen) atoms. The molecule has 5 nitrogen and oxygen atoms in total. The molecule has 6 heteroatoms. The van der Waals surface area contributed by atoms with Gasteiger partial charge in [0, 0.05) is 37.8 Å². The largest absolute Gasteiger partial charge is 0.384 e. The van der Waals surface area contributed by atoms with Crippen molar-refractivity contribution in [2.45, 2.75) is 26.2 Å². The molecule has 0 aromatic carbocycles. The lowest BCUT2D eigenvalue weighted by molar-refractivity contribution is 0.0570. The number of carbonyl (C=O) groups is 1. The van der Waals surface area contributed by atoms with Gasteiger partial charge in [0.05, 0.1) is 12.2 Å². The van der Waals surface area contributed by atoms with Gasteiger partial charge in [0.25, 0.3) is 5.91 Å². The molecule has 1 aliphatic rings. The summed E-state index contributed by atoms with van der Waals surface area (Å²) in [6.07, 6.45) is 4.83. The summed E-state index contributed by atoms with van der Waals surface area (Å²) in [7, 11) is 1.72. The minimum absolute atomic E-state index is 0.0686. The number of hydrogen-bond donors (Lipinski definition) is 1. The Bertz CT molecular complexity index is 712. The topological polar surface area (TPSA) is 54.5 Å². The van der Waals surface area contributed by atoms with E-state index in [9.17, 15) is 4.79 Å². The van der Waals surface area contributed by atoms with Gasteiger partial charge in [-0.15, -0.1) is 11.3 Å². The average molecular weight is 374 g/mol. The molecule has 140 valence electrons. The minimum atomic E-state index is 0.0686. The van der Waals surface area contributed by atoms with Gasteiger partial charge in [-0.3, -0.25) is 4.79 Å². The van der Waals surface area contributed by atoms with Crippen molar-refractivity contribution in [3.8, 4) is 0 Å². The Morgan fingerprint density at radius 3 is 3.00 bits per heavy atom. The number of nitrogens with zero attached hydrogens (tertiary/aromatic N) is 2. The smallest absolute Gasteiger partial charge is 0.255 e. The molecule has 1 saturated heterocycles. The number of thiophene rings is 1. The highest BCUT2D eigenvalue weighted by atomic mass is 32.1. The normalized spacial score (nSPS) is 17.3. The number of methoxy groups -OCH3 is 1. The number of pyridine rings is 1. The van der Waals surface area contributed by atoms with Crippen LogP contribution in [0.2, 0.25) is 0 Å². The number of rotatable bonds is 7. The zero-order valence-electron chi connectivity index (χ0n) is 15.5. The predicted molar refractivity (Wildman–Crippen MR) is 106 cm³/mol. The molecule has 1 unspecified atom stereocenters. The van der Waals surface area contributed by atoms with Crippen LogP contribution in [-0.4, -0.2) is 49.1 Å². The van der Waals surface area contributed by atoms with Crippen LogP contribution in [0.25, 0.3) is 0 Å². The molecular formula is C20H27N3O2S. The molecule has 1 N–H and O–H groups in total. The third kappa shape index (κ3) is 4.83. The highest BCUT2D eigenvalue weighted by Crippen LogP contribution is 2.19. The van der Waals surface area contributed by atoms with E-state index >= 15 is 0 Å². The molecule has 0 saturated carbocycles. The fourth-order valence-corrected chi connectivity index (χ4v) is 4.30. The zero-order chi connectivity index (χ0) is 18.4. The molecule has 2 aromatic rings. The van der Waals surface area contributed by atoms with Gasteiger partial charge in [0.15, 0.2) is 0 Å². The maximum Gasteiger partial charge on any atom is 0.255 e. The second-order valence-corrected chi connectivity index (χ2v) is 7.85. The van der Waals surface area contributed by atoms with E-state index in [1.54, 1.807) is 24.6 Å². The van der Waals surface area contributed by atoms with Crippen LogP contribution in [0.15, 0.2) is 29.8 Å². The number of hydrogen-bond acceptors (Lipinski definition) is 5. The van der Waals surface area contributed by atoms with E-state index < -0.39 is 0 Å². The molecule has 1 fully saturated rings. The summed E-state index contributed by atoms with van der Waals surface area (Å²) in [4.78, 5) is 20.4. The first-order valence-corrected chi connectivity index (χ1v) is 10.1. The van der Waals surface area contributed by atoms with E-state index in [1.165, 1.54) is 10.4 Å². The highest BCUT2D eigenvalue weighted by Gasteiger charge is 2.24. The van der Waals surface area contributed by atoms with Gasteiger partial charge in [0.2, 0.25) is 0 Å². The standard InChI is InChI=1S/C20H27N3O2S/c1-15-8-11-26-18(15)7-9-21-19-6-5-17(12-22-19)20(24)23-10-3-4-16(13-23)14-25-2/h5-6,8,11-12,16H,3-4,7,9-10,13-14H2,1-2H3,(H,21,22). The lowest BCUT2D eigenvalue weighted by atomic mass is 9.98. The number of aryl methyl sites for hydroxylation is 1. The fraction of sp³-hybridized carbons (Fsp3) is 0.500. The Kier molecular flexibility index (Phi) is 6.63. The number of likely N-dealkylation sites (tertiary alicyclic amines) is 1. The van der Waals surface area contributed by atoms with E-state index in [1.807, 2.05) is 17.0 Å². The van der Waals surface area contributed by atoms with E-state index in [4.69, 9.17) is 4.74 Å². The zero-order valence-corrected chi connectivity index (χ0v) is 16.3. The average Bonchev–Trinajstić information content (AvgIpc) is 3.07. The van der Waals surface area contributed by atoms with Gasteiger partial charge >= 0.3 is 0 Å². The molecule has 3 heterocycles. The molecule has 3 rings (SSSR count). The van der Waals surface area contributed by atoms with Gasteiger partial charge < -0.3 is 15.0 Å². The van der Waals surface area contributed by atoms with E-state index in [0.29, 0.717) is 18.1 Å². The second-order valence-electron chi connectivity index (χ2n) is 6.85. The summed E-state index contributed by atoms with van der Waals surface area (Å²) in [5, 5.41) is 5.46. The van der Waals surface area contributed by atoms with Crippen LogP contribution in [0, 0.1) is 12.8 Å². The third-order valence-electron chi connectivity index (χ3n) is 4.85. The molecule has 0 radical (unpaired) electrons. The summed E-state index contributed by atoms with van der Waals surface area (Å²) in [5.74, 6) is 1.32. The van der Waals surface area contributed by atoms with Crippen LogP contribution in [0.4, 0.5) is 5.82 Å². The van der Waals surface area contributed by atoms with Crippen molar-refractivity contribution in [3.05, 3.63) is 45.8 Å². The monoisotopic (exact) mass is 373 g/mol. The first-order valence-electron chi connectivity index (χ1n) is 9.18. The maximum atomic E-state index is 12.7. The van der Waals surface area contributed by atoms with Crippen molar-refractivity contribution < 1.29 is 9.53 Å². The van der Waals surface area contributed by atoms with Crippen LogP contribution in [-0.2, 0) is 11.2 Å². The Hall–Kier alpha value is -1.92. The van der Waals surface area contributed by atoms with Gasteiger partial charge in [-0.25, -0.2) is 4.98 Å². The van der Waals surface area contributed by atoms with Crippen LogP contribution in [0.5, 0.6) is 0 Å². The molecule has 0 bridgehead atoms. The van der Waals surface area contributed by atoms with Crippen molar-refractivity contribution in [1.29, 1.82) is 0 Å². The first kappa shape index (κ1) is 18.9. The lowest BCUT2D eigenvalue weighted by Gasteiger charge is -2.32. The Morgan fingerprint density at radius 2 is 2.31 bits per heavy atom. The van der Waals surface area contributed by atoms with E-state index in [0.717, 1.165) is 44.7 Å². The SMILES string of the molecule is COCC1CCCN(C(=O)c2ccc(NCCc3sccc3C)nc2)C1. The van der Waals surface area contributed by atoms with Crippen molar-refractivity contribution in [1.82, 2.24) is 9.88 Å². The van der Waals surface area contributed by atoms with Gasteiger partial charge in [-0.1, -0.05) is 0 Å². The van der Waals surface area contributed by atoms with Crippen LogP contribution < -0.4 is 5.32 Å². The van der Waals surface area contributed by atoms with Crippen molar-refractivity contribution in [2.75, 3.05) is 38.7 Å². The minimum Gasteiger partial charge on any atom is -0.384 e. The summed E-state index contributed by atoms with van der Waals surface area (Å²) in [5.41, 5.74) is 2.00. The highest BCUT2D eigenvalue weighted by molar-refractivity contribution is 7.10. The van der Waals surface area contributed by atoms with E-state index in [-0.39, 0.29) is 5.91 Å². The number of piperidine rings is 1. The Morgan fingerprint density at radius 1 is 1.42 bits per heavy atom. The number of amides is 1. The van der Waals surface area contributed by atoms with Crippen LogP contribution in [0.1, 0.15) is 33.6 Å². The van der Waals surface area contributed by atoms with E-state index in [2.05, 4.69) is 28.7 Å². The lowest BCUT2D eigenvalue weighted by Crippen LogP contribution is -2.41. The molecule has 1 amide bonds. The number of nitrogens with one attached hydrogen (secondary N) is 1. The first-order chi connectivity index (χ1) is 12.7. The van der Waals surface area contributed by atoms with Crippen LogP contribution >= 0.6 is 11.3 Å². The fourth-order valence-electron chi connectivity index (χ4n) is 3.39. The quantitative estimate of drug-likeness (QED) is 0.806. The number of carbonyl (C=O) groups excluding carboxylic acids is 1. The van der Waals surface area contributed by atoms with Gasteiger partial charge in [-0.05, 0) is 61.2 Å². The third-order valence-corrected chi connectivity index (χ3v) is 5.93. The second kappa shape index (κ2) is 9.14. The van der Waals surface area contributed by atoms with Crippen molar-refractivity contribution in [3.63, 3.8) is 0 Å². The molecular weight excluding hydrogens is 346 g/mol. The van der Waals surface area contributed by atoms with Crippen molar-refractivity contribution >= 4 is 23.1 Å². The van der Waals surface area contributed by atoms with Gasteiger partial charge in [0.1, 0.15) is 5.82 Å². The van der Waals surface area contributed by atoms with Gasteiger partial charge in [-0.2, -0.15) is 0 Å². The number of aromatic nitrogens is 1. The Balaban J connectivity index is 1.51. The molecule has 1 aliphatic heterocycles. The predicted octanol–water partition coefficient (Wildman–Crippen LogP) is 3.60.